The Balaban J connectivity index is 2.64. The van der Waals surface area contributed by atoms with Gasteiger partial charge in [0.1, 0.15) is 5.67 Å². The Hall–Kier alpha value is -1.32. The molecule has 3 nitrogen and oxygen atoms in total. The highest BCUT2D eigenvalue weighted by Gasteiger charge is 2.16. The molecule has 1 N–H and O–H groups in total. The molecular formula is C10H14FNO2. The molecule has 78 valence electrons. The summed E-state index contributed by atoms with van der Waals surface area (Å²) in [5, 5.41) is 8.53. The minimum atomic E-state index is -1.28. The molecule has 0 unspecified atom stereocenters. The van der Waals surface area contributed by atoms with Crippen LogP contribution in [0.15, 0.2) is 18.5 Å². The van der Waals surface area contributed by atoms with E-state index in [1.165, 1.54) is 13.8 Å². The lowest BCUT2D eigenvalue weighted by Gasteiger charge is -2.14. The molecule has 0 radical (unpaired) electrons. The number of hydrogen-bond acceptors (Lipinski definition) is 1. The van der Waals surface area contributed by atoms with E-state index in [9.17, 15) is 9.18 Å². The molecule has 1 aromatic rings. The Morgan fingerprint density at radius 2 is 2.29 bits per heavy atom. The fourth-order valence-corrected chi connectivity index (χ4v) is 1.30. The topological polar surface area (TPSA) is 42.2 Å². The second-order valence-electron chi connectivity index (χ2n) is 3.98. The molecule has 1 heterocycles. The summed E-state index contributed by atoms with van der Waals surface area (Å²) in [5.41, 5.74) is -0.582. The van der Waals surface area contributed by atoms with Crippen LogP contribution < -0.4 is 0 Å². The van der Waals surface area contributed by atoms with E-state index in [1.54, 1.807) is 23.0 Å². The molecule has 0 fully saturated rings. The maximum atomic E-state index is 13.2. The molecule has 0 bridgehead atoms. The van der Waals surface area contributed by atoms with Crippen molar-refractivity contribution in [2.45, 2.75) is 32.5 Å². The molecule has 1 rings (SSSR count). The normalized spacial score (nSPS) is 11.6. The molecule has 0 aromatic carbocycles. The summed E-state index contributed by atoms with van der Waals surface area (Å²) in [4.78, 5) is 10.4. The first-order valence-electron chi connectivity index (χ1n) is 4.42. The van der Waals surface area contributed by atoms with Crippen LogP contribution in [0, 0.1) is 0 Å². The van der Waals surface area contributed by atoms with Gasteiger partial charge in [-0.2, -0.15) is 0 Å². The van der Waals surface area contributed by atoms with E-state index >= 15 is 0 Å². The zero-order chi connectivity index (χ0) is 10.8. The standard InChI is InChI=1S/C10H14FNO2/c1-10(2,11)7-12-4-3-8(6-12)5-9(13)14/h3-4,6H,5,7H2,1-2H3,(H,13,14). The fraction of sp³-hybridized carbons (Fsp3) is 0.500. The van der Waals surface area contributed by atoms with Crippen LogP contribution in [0.2, 0.25) is 0 Å². The Morgan fingerprint density at radius 3 is 2.79 bits per heavy atom. The largest absolute Gasteiger partial charge is 0.481 e. The van der Waals surface area contributed by atoms with E-state index < -0.39 is 11.6 Å². The number of halogens is 1. The molecule has 0 aliphatic heterocycles. The summed E-state index contributed by atoms with van der Waals surface area (Å²) in [5.74, 6) is -0.873. The van der Waals surface area contributed by atoms with Gasteiger partial charge in [-0.15, -0.1) is 0 Å². The number of aliphatic carboxylic acids is 1. The molecule has 0 atom stereocenters. The lowest BCUT2D eigenvalue weighted by Crippen LogP contribution is -2.19. The van der Waals surface area contributed by atoms with Crippen LogP contribution in [-0.2, 0) is 17.8 Å². The van der Waals surface area contributed by atoms with Crippen molar-refractivity contribution in [3.63, 3.8) is 0 Å². The number of carboxylic acid groups (broad SMARTS) is 1. The van der Waals surface area contributed by atoms with Gasteiger partial charge in [0, 0.05) is 12.4 Å². The minimum absolute atomic E-state index is 0.0142. The van der Waals surface area contributed by atoms with Crippen molar-refractivity contribution >= 4 is 5.97 Å². The van der Waals surface area contributed by atoms with Gasteiger partial charge in [0.05, 0.1) is 13.0 Å². The first kappa shape index (κ1) is 10.8. The van der Waals surface area contributed by atoms with Crippen molar-refractivity contribution in [1.82, 2.24) is 4.57 Å². The van der Waals surface area contributed by atoms with Crippen molar-refractivity contribution in [2.24, 2.45) is 0 Å². The Kier molecular flexibility index (Phi) is 2.93. The van der Waals surface area contributed by atoms with Gasteiger partial charge in [-0.25, -0.2) is 4.39 Å². The molecule has 0 aliphatic rings. The number of nitrogens with zero attached hydrogens (tertiary/aromatic N) is 1. The number of hydrogen-bond donors (Lipinski definition) is 1. The van der Waals surface area contributed by atoms with Crippen LogP contribution >= 0.6 is 0 Å². The highest BCUT2D eigenvalue weighted by Crippen LogP contribution is 2.13. The fourth-order valence-electron chi connectivity index (χ4n) is 1.30. The third kappa shape index (κ3) is 3.60. The van der Waals surface area contributed by atoms with Crippen molar-refractivity contribution in [3.8, 4) is 0 Å². The molecule has 0 amide bonds. The van der Waals surface area contributed by atoms with Gasteiger partial charge in [0.25, 0.3) is 0 Å². The summed E-state index contributed by atoms with van der Waals surface area (Å²) in [6.07, 6.45) is 3.34. The monoisotopic (exact) mass is 199 g/mol. The van der Waals surface area contributed by atoms with Gasteiger partial charge in [0.2, 0.25) is 0 Å². The summed E-state index contributed by atoms with van der Waals surface area (Å²) >= 11 is 0. The van der Waals surface area contributed by atoms with Crippen LogP contribution in [-0.4, -0.2) is 21.3 Å². The van der Waals surface area contributed by atoms with Gasteiger partial charge in [0.15, 0.2) is 0 Å². The lowest BCUT2D eigenvalue weighted by molar-refractivity contribution is -0.136. The molecule has 0 aliphatic carbocycles. The lowest BCUT2D eigenvalue weighted by atomic mass is 10.2. The first-order valence-corrected chi connectivity index (χ1v) is 4.42. The van der Waals surface area contributed by atoms with Crippen LogP contribution in [0.4, 0.5) is 4.39 Å². The molecule has 0 saturated carbocycles. The molecular weight excluding hydrogens is 185 g/mol. The van der Waals surface area contributed by atoms with E-state index in [2.05, 4.69) is 0 Å². The van der Waals surface area contributed by atoms with Gasteiger partial charge in [-0.05, 0) is 25.5 Å². The van der Waals surface area contributed by atoms with Gasteiger partial charge >= 0.3 is 5.97 Å². The van der Waals surface area contributed by atoms with Crippen LogP contribution in [0.3, 0.4) is 0 Å². The molecule has 0 saturated heterocycles. The maximum absolute atomic E-state index is 13.2. The predicted molar refractivity (Wildman–Crippen MR) is 51.0 cm³/mol. The third-order valence-electron chi connectivity index (χ3n) is 1.73. The number of carboxylic acids is 1. The van der Waals surface area contributed by atoms with Crippen LogP contribution in [0.1, 0.15) is 19.4 Å². The van der Waals surface area contributed by atoms with E-state index in [0.717, 1.165) is 0 Å². The summed E-state index contributed by atoms with van der Waals surface area (Å²) < 4.78 is 14.9. The summed E-state index contributed by atoms with van der Waals surface area (Å²) in [7, 11) is 0. The summed E-state index contributed by atoms with van der Waals surface area (Å²) in [6.45, 7) is 3.22. The smallest absolute Gasteiger partial charge is 0.307 e. The quantitative estimate of drug-likeness (QED) is 0.804. The average Bonchev–Trinajstić information content (AvgIpc) is 2.30. The number of aromatic nitrogens is 1. The number of rotatable bonds is 4. The SMILES string of the molecule is CC(C)(F)Cn1ccc(CC(=O)O)c1. The first-order chi connectivity index (χ1) is 6.37. The Labute approximate surface area is 82.2 Å². The maximum Gasteiger partial charge on any atom is 0.307 e. The zero-order valence-electron chi connectivity index (χ0n) is 8.33. The van der Waals surface area contributed by atoms with Gasteiger partial charge < -0.3 is 9.67 Å². The second kappa shape index (κ2) is 3.82. The minimum Gasteiger partial charge on any atom is -0.481 e. The second-order valence-corrected chi connectivity index (χ2v) is 3.98. The highest BCUT2D eigenvalue weighted by atomic mass is 19.1. The molecule has 14 heavy (non-hydrogen) atoms. The van der Waals surface area contributed by atoms with E-state index in [0.29, 0.717) is 5.56 Å². The summed E-state index contributed by atoms with van der Waals surface area (Å²) in [6, 6.07) is 1.69. The van der Waals surface area contributed by atoms with Gasteiger partial charge in [-0.1, -0.05) is 0 Å². The van der Waals surface area contributed by atoms with Crippen molar-refractivity contribution < 1.29 is 14.3 Å². The number of carbonyl (C=O) groups is 1. The van der Waals surface area contributed by atoms with E-state index in [-0.39, 0.29) is 13.0 Å². The highest BCUT2D eigenvalue weighted by molar-refractivity contribution is 5.69. The average molecular weight is 199 g/mol. The molecule has 4 heteroatoms. The van der Waals surface area contributed by atoms with Crippen LogP contribution in [0.25, 0.3) is 0 Å². The molecule has 1 aromatic heterocycles. The molecule has 0 spiro atoms. The predicted octanol–water partition coefficient (Wildman–Crippen LogP) is 1.86. The van der Waals surface area contributed by atoms with Crippen molar-refractivity contribution in [1.29, 1.82) is 0 Å². The van der Waals surface area contributed by atoms with Crippen molar-refractivity contribution in [3.05, 3.63) is 24.0 Å². The van der Waals surface area contributed by atoms with Crippen LogP contribution in [0.5, 0.6) is 0 Å². The zero-order valence-corrected chi connectivity index (χ0v) is 8.33. The van der Waals surface area contributed by atoms with E-state index in [4.69, 9.17) is 5.11 Å². The van der Waals surface area contributed by atoms with E-state index in [1.807, 2.05) is 0 Å². The number of alkyl halides is 1. The third-order valence-corrected chi connectivity index (χ3v) is 1.73. The Morgan fingerprint density at radius 1 is 1.64 bits per heavy atom. The van der Waals surface area contributed by atoms with Gasteiger partial charge in [-0.3, -0.25) is 4.79 Å². The Bertz CT molecular complexity index is 325. The van der Waals surface area contributed by atoms with Crippen molar-refractivity contribution in [2.75, 3.05) is 0 Å².